The minimum Gasteiger partial charge on any atom is -0.497 e. The summed E-state index contributed by atoms with van der Waals surface area (Å²) in [7, 11) is 3.37. The van der Waals surface area contributed by atoms with E-state index >= 15 is 0 Å². The summed E-state index contributed by atoms with van der Waals surface area (Å²) < 4.78 is 12.6. The Bertz CT molecular complexity index is 898. The van der Waals surface area contributed by atoms with Gasteiger partial charge in [0, 0.05) is 23.7 Å². The third-order valence-corrected chi connectivity index (χ3v) is 5.16. The Labute approximate surface area is 159 Å². The maximum absolute atomic E-state index is 5.34. The van der Waals surface area contributed by atoms with Gasteiger partial charge in [0.05, 0.1) is 26.5 Å². The Hall–Kier alpha value is -2.95. The van der Waals surface area contributed by atoms with Crippen LogP contribution in [0.1, 0.15) is 36.4 Å². The van der Waals surface area contributed by atoms with E-state index in [-0.39, 0.29) is 0 Å². The summed E-state index contributed by atoms with van der Waals surface area (Å²) in [5.74, 6) is 3.29. The van der Waals surface area contributed by atoms with Crippen molar-refractivity contribution < 1.29 is 9.47 Å². The van der Waals surface area contributed by atoms with Crippen molar-refractivity contribution >= 4 is 11.5 Å². The summed E-state index contributed by atoms with van der Waals surface area (Å²) in [6.07, 6.45) is 3.77. The maximum atomic E-state index is 5.34. The molecule has 1 aliphatic carbocycles. The number of anilines is 2. The molecule has 1 fully saturated rings. The first-order valence-electron chi connectivity index (χ1n) is 9.37. The van der Waals surface area contributed by atoms with Gasteiger partial charge < -0.3 is 14.8 Å². The van der Waals surface area contributed by atoms with E-state index in [0.29, 0.717) is 12.5 Å². The van der Waals surface area contributed by atoms with Crippen molar-refractivity contribution in [2.45, 2.75) is 31.7 Å². The van der Waals surface area contributed by atoms with Crippen molar-refractivity contribution in [3.8, 4) is 11.5 Å². The summed E-state index contributed by atoms with van der Waals surface area (Å²) >= 11 is 0. The van der Waals surface area contributed by atoms with Crippen LogP contribution in [0, 0.1) is 0 Å². The lowest BCUT2D eigenvalue weighted by molar-refractivity contribution is 0.406. The molecule has 27 heavy (non-hydrogen) atoms. The zero-order valence-electron chi connectivity index (χ0n) is 15.8. The van der Waals surface area contributed by atoms with Gasteiger partial charge in [-0.3, -0.25) is 0 Å². The molecule has 140 valence electrons. The lowest BCUT2D eigenvalue weighted by atomic mass is 9.83. The minimum atomic E-state index is 0.591. The van der Waals surface area contributed by atoms with Gasteiger partial charge in [-0.25, -0.2) is 4.68 Å². The fraction of sp³-hybridized carbons (Fsp3) is 0.318. The van der Waals surface area contributed by atoms with Gasteiger partial charge in [0.1, 0.15) is 17.3 Å². The van der Waals surface area contributed by atoms with Gasteiger partial charge in [-0.15, -0.1) is 0 Å². The average molecular weight is 363 g/mol. The largest absolute Gasteiger partial charge is 0.497 e. The standard InChI is InChI=1S/C22H25N3O2/c1-26-19-11-9-16(10-12-19)15-25-22(14-21(24-25)17-5-3-6-17)23-18-7-4-8-20(13-18)27-2/h4,7-14,17,23H,3,5-6,15H2,1-2H3. The molecule has 5 heteroatoms. The Morgan fingerprint density at radius 3 is 2.44 bits per heavy atom. The van der Waals surface area contributed by atoms with E-state index in [1.54, 1.807) is 14.2 Å². The second kappa shape index (κ2) is 7.74. The number of benzene rings is 2. The van der Waals surface area contributed by atoms with E-state index in [4.69, 9.17) is 14.6 Å². The molecule has 5 nitrogen and oxygen atoms in total. The third-order valence-electron chi connectivity index (χ3n) is 5.16. The number of nitrogens with one attached hydrogen (secondary N) is 1. The fourth-order valence-corrected chi connectivity index (χ4v) is 3.31. The van der Waals surface area contributed by atoms with E-state index in [9.17, 15) is 0 Å². The molecule has 0 bridgehead atoms. The molecule has 0 spiro atoms. The van der Waals surface area contributed by atoms with Gasteiger partial charge in [-0.2, -0.15) is 5.10 Å². The average Bonchev–Trinajstić information content (AvgIpc) is 3.02. The van der Waals surface area contributed by atoms with Crippen LogP contribution in [-0.4, -0.2) is 24.0 Å². The van der Waals surface area contributed by atoms with E-state index in [1.165, 1.54) is 30.5 Å². The second-order valence-corrected chi connectivity index (χ2v) is 6.94. The van der Waals surface area contributed by atoms with Crippen LogP contribution in [0.5, 0.6) is 11.5 Å². The van der Waals surface area contributed by atoms with Crippen LogP contribution < -0.4 is 14.8 Å². The molecule has 0 atom stereocenters. The molecule has 0 aliphatic heterocycles. The van der Waals surface area contributed by atoms with E-state index in [1.807, 2.05) is 36.4 Å². The Balaban J connectivity index is 1.60. The fourth-order valence-electron chi connectivity index (χ4n) is 3.31. The number of aromatic nitrogens is 2. The quantitative estimate of drug-likeness (QED) is 0.644. The van der Waals surface area contributed by atoms with Crippen LogP contribution >= 0.6 is 0 Å². The van der Waals surface area contributed by atoms with Crippen molar-refractivity contribution in [1.29, 1.82) is 0 Å². The molecular formula is C22H25N3O2. The van der Waals surface area contributed by atoms with Gasteiger partial charge in [0.25, 0.3) is 0 Å². The van der Waals surface area contributed by atoms with Gasteiger partial charge >= 0.3 is 0 Å². The van der Waals surface area contributed by atoms with Crippen LogP contribution in [0.2, 0.25) is 0 Å². The SMILES string of the molecule is COc1ccc(Cn2nc(C3CCC3)cc2Nc2cccc(OC)c2)cc1. The predicted molar refractivity (Wildman–Crippen MR) is 107 cm³/mol. The van der Waals surface area contributed by atoms with Gasteiger partial charge in [0.15, 0.2) is 0 Å². The van der Waals surface area contributed by atoms with Crippen molar-refractivity contribution in [2.75, 3.05) is 19.5 Å². The molecule has 3 aromatic rings. The lowest BCUT2D eigenvalue weighted by Gasteiger charge is -2.22. The van der Waals surface area contributed by atoms with Crippen molar-refractivity contribution in [1.82, 2.24) is 9.78 Å². The molecule has 1 heterocycles. The number of ether oxygens (including phenoxy) is 2. The van der Waals surface area contributed by atoms with Gasteiger partial charge in [0.2, 0.25) is 0 Å². The second-order valence-electron chi connectivity index (χ2n) is 6.94. The number of methoxy groups -OCH3 is 2. The number of nitrogens with zero attached hydrogens (tertiary/aromatic N) is 2. The third kappa shape index (κ3) is 3.92. The number of rotatable bonds is 7. The molecule has 0 saturated heterocycles. The maximum Gasteiger partial charge on any atom is 0.129 e. The molecule has 0 unspecified atom stereocenters. The molecule has 1 N–H and O–H groups in total. The summed E-state index contributed by atoms with van der Waals surface area (Å²) in [6.45, 7) is 0.711. The summed E-state index contributed by atoms with van der Waals surface area (Å²) in [6, 6.07) is 18.3. The summed E-state index contributed by atoms with van der Waals surface area (Å²) in [4.78, 5) is 0. The highest BCUT2D eigenvalue weighted by atomic mass is 16.5. The smallest absolute Gasteiger partial charge is 0.129 e. The van der Waals surface area contributed by atoms with E-state index in [2.05, 4.69) is 28.2 Å². The zero-order valence-corrected chi connectivity index (χ0v) is 15.8. The minimum absolute atomic E-state index is 0.591. The lowest BCUT2D eigenvalue weighted by Crippen LogP contribution is -2.11. The Kier molecular flexibility index (Phi) is 5.01. The zero-order chi connectivity index (χ0) is 18.6. The van der Waals surface area contributed by atoms with Crippen LogP contribution in [0.3, 0.4) is 0 Å². The first-order valence-corrected chi connectivity index (χ1v) is 9.37. The topological polar surface area (TPSA) is 48.3 Å². The van der Waals surface area contributed by atoms with Crippen molar-refractivity contribution in [3.63, 3.8) is 0 Å². The Morgan fingerprint density at radius 2 is 1.78 bits per heavy atom. The molecule has 0 radical (unpaired) electrons. The normalized spacial score (nSPS) is 13.9. The summed E-state index contributed by atoms with van der Waals surface area (Å²) in [5.41, 5.74) is 3.36. The molecule has 2 aromatic carbocycles. The first-order chi connectivity index (χ1) is 13.2. The number of hydrogen-bond acceptors (Lipinski definition) is 4. The highest BCUT2D eigenvalue weighted by Crippen LogP contribution is 2.37. The van der Waals surface area contributed by atoms with Gasteiger partial charge in [-0.1, -0.05) is 24.6 Å². The highest BCUT2D eigenvalue weighted by Gasteiger charge is 2.23. The molecular weight excluding hydrogens is 338 g/mol. The summed E-state index contributed by atoms with van der Waals surface area (Å²) in [5, 5.41) is 8.41. The van der Waals surface area contributed by atoms with E-state index in [0.717, 1.165) is 23.0 Å². The first kappa shape index (κ1) is 17.5. The van der Waals surface area contributed by atoms with Crippen molar-refractivity contribution in [2.24, 2.45) is 0 Å². The molecule has 1 aromatic heterocycles. The predicted octanol–water partition coefficient (Wildman–Crippen LogP) is 4.96. The van der Waals surface area contributed by atoms with Crippen molar-refractivity contribution in [3.05, 3.63) is 65.9 Å². The van der Waals surface area contributed by atoms with Gasteiger partial charge in [-0.05, 0) is 42.7 Å². The van der Waals surface area contributed by atoms with Crippen LogP contribution in [0.25, 0.3) is 0 Å². The Morgan fingerprint density at radius 1 is 1.00 bits per heavy atom. The molecule has 1 aliphatic rings. The monoisotopic (exact) mass is 363 g/mol. The highest BCUT2D eigenvalue weighted by molar-refractivity contribution is 5.59. The van der Waals surface area contributed by atoms with E-state index < -0.39 is 0 Å². The van der Waals surface area contributed by atoms with Crippen LogP contribution in [-0.2, 0) is 6.54 Å². The molecule has 4 rings (SSSR count). The molecule has 0 amide bonds. The molecule has 1 saturated carbocycles. The van der Waals surface area contributed by atoms with Crippen LogP contribution in [0.4, 0.5) is 11.5 Å². The van der Waals surface area contributed by atoms with Crippen LogP contribution in [0.15, 0.2) is 54.6 Å². The number of hydrogen-bond donors (Lipinski definition) is 1.